The van der Waals surface area contributed by atoms with Crippen LogP contribution in [0.25, 0.3) is 5.65 Å². The highest BCUT2D eigenvalue weighted by atomic mass is 16.6. The number of rotatable bonds is 5. The van der Waals surface area contributed by atoms with Crippen molar-refractivity contribution in [3.63, 3.8) is 0 Å². The predicted molar refractivity (Wildman–Crippen MR) is 161 cm³/mol. The number of amidine groups is 1. The molecule has 2 aromatic heterocycles. The second kappa shape index (κ2) is 12.8. The van der Waals surface area contributed by atoms with Crippen LogP contribution in [0, 0.1) is 0 Å². The van der Waals surface area contributed by atoms with Crippen LogP contribution >= 0.6 is 0 Å². The van der Waals surface area contributed by atoms with Gasteiger partial charge in [0.05, 0.1) is 17.7 Å². The average molecular weight is 610 g/mol. The van der Waals surface area contributed by atoms with E-state index in [4.69, 9.17) is 18.9 Å². The minimum absolute atomic E-state index is 0.0424. The number of carbonyl (C=O) groups is 4. The summed E-state index contributed by atoms with van der Waals surface area (Å²) in [5.41, 5.74) is -0.999. The SMILES string of the molecule is CN(C(=O)OC(C)(C)C)/C(=N/C(=O)OC(C)(C)C)c1ccc(C(=O)Oc2ccc(CC(=O)OC(C)(C)C)n3ncnc23)cc1. The number of aliphatic imine (C=N–C) groups is 1. The maximum atomic E-state index is 13.1. The number of benzene rings is 1. The summed E-state index contributed by atoms with van der Waals surface area (Å²) >= 11 is 0. The Morgan fingerprint density at radius 2 is 1.36 bits per heavy atom. The van der Waals surface area contributed by atoms with Gasteiger partial charge in [-0.25, -0.2) is 23.9 Å². The molecule has 0 N–H and O–H groups in total. The third kappa shape index (κ3) is 9.61. The fraction of sp³-hybridized carbons (Fsp3) is 0.452. The number of amides is 2. The molecule has 2 heterocycles. The number of fused-ring (bicyclic) bond motifs is 1. The van der Waals surface area contributed by atoms with Gasteiger partial charge in [0, 0.05) is 12.6 Å². The lowest BCUT2D eigenvalue weighted by atomic mass is 10.1. The molecule has 0 spiro atoms. The smallest absolute Gasteiger partial charge is 0.436 e. The molecule has 0 radical (unpaired) electrons. The van der Waals surface area contributed by atoms with E-state index in [1.165, 1.54) is 48.2 Å². The zero-order chi connectivity index (χ0) is 33.0. The number of aromatic nitrogens is 3. The number of pyridine rings is 1. The Kier molecular flexibility index (Phi) is 9.82. The first-order chi connectivity index (χ1) is 20.2. The maximum absolute atomic E-state index is 13.1. The van der Waals surface area contributed by atoms with Crippen molar-refractivity contribution in [2.75, 3.05) is 7.05 Å². The van der Waals surface area contributed by atoms with Crippen LogP contribution in [-0.4, -0.2) is 73.3 Å². The highest BCUT2D eigenvalue weighted by molar-refractivity contribution is 6.10. The van der Waals surface area contributed by atoms with E-state index in [2.05, 4.69) is 15.1 Å². The van der Waals surface area contributed by atoms with Gasteiger partial charge in [-0.15, -0.1) is 0 Å². The van der Waals surface area contributed by atoms with E-state index in [1.54, 1.807) is 68.4 Å². The molecule has 0 atom stereocenters. The van der Waals surface area contributed by atoms with Crippen molar-refractivity contribution >= 4 is 35.6 Å². The molecule has 0 aliphatic heterocycles. The van der Waals surface area contributed by atoms with Crippen LogP contribution in [-0.2, 0) is 25.4 Å². The maximum Gasteiger partial charge on any atom is 0.436 e. The van der Waals surface area contributed by atoms with Crippen molar-refractivity contribution in [3.8, 4) is 5.75 Å². The first kappa shape index (κ1) is 33.7. The van der Waals surface area contributed by atoms with Crippen LogP contribution < -0.4 is 4.74 Å². The monoisotopic (exact) mass is 609 g/mol. The molecular weight excluding hydrogens is 570 g/mol. The summed E-state index contributed by atoms with van der Waals surface area (Å²) < 4.78 is 23.1. The standard InChI is InChI=1S/C31H39N5O8/c1-29(2,3)42-23(37)17-21-15-16-22(25-32-18-33-36(21)25)41-26(38)20-13-11-19(12-14-20)24(34-27(39)43-30(4,5)6)35(10)28(40)44-31(7,8)9/h11-16,18H,17H2,1-10H3/b34-24+. The summed E-state index contributed by atoms with van der Waals surface area (Å²) in [6, 6.07) is 9.07. The molecule has 0 bridgehead atoms. The largest absolute Gasteiger partial charge is 0.460 e. The molecule has 1 aromatic carbocycles. The van der Waals surface area contributed by atoms with E-state index < -0.39 is 40.9 Å². The van der Waals surface area contributed by atoms with Gasteiger partial charge in [-0.05, 0) is 86.6 Å². The van der Waals surface area contributed by atoms with Gasteiger partial charge in [0.1, 0.15) is 23.1 Å². The molecule has 0 saturated carbocycles. The topological polar surface area (TPSA) is 151 Å². The number of nitrogens with zero attached hydrogens (tertiary/aromatic N) is 5. The molecule has 2 amide bonds. The third-order valence-corrected chi connectivity index (χ3v) is 5.37. The van der Waals surface area contributed by atoms with Crippen molar-refractivity contribution in [1.82, 2.24) is 19.5 Å². The number of hydrogen-bond donors (Lipinski definition) is 0. The van der Waals surface area contributed by atoms with E-state index in [0.717, 1.165) is 4.90 Å². The Morgan fingerprint density at radius 1 is 0.795 bits per heavy atom. The second-order valence-electron chi connectivity index (χ2n) is 12.9. The van der Waals surface area contributed by atoms with E-state index >= 15 is 0 Å². The van der Waals surface area contributed by atoms with Gasteiger partial charge < -0.3 is 18.9 Å². The zero-order valence-electron chi connectivity index (χ0n) is 26.8. The molecule has 13 heteroatoms. The third-order valence-electron chi connectivity index (χ3n) is 5.37. The molecule has 13 nitrogen and oxygen atoms in total. The summed E-state index contributed by atoms with van der Waals surface area (Å²) in [6.45, 7) is 15.6. The number of esters is 2. The minimum Gasteiger partial charge on any atom is -0.460 e. The Labute approximate surface area is 256 Å². The highest BCUT2D eigenvalue weighted by Crippen LogP contribution is 2.22. The molecule has 0 unspecified atom stereocenters. The highest BCUT2D eigenvalue weighted by Gasteiger charge is 2.26. The van der Waals surface area contributed by atoms with Crippen LogP contribution in [0.3, 0.4) is 0 Å². The van der Waals surface area contributed by atoms with Gasteiger partial charge in [-0.3, -0.25) is 9.69 Å². The fourth-order valence-corrected chi connectivity index (χ4v) is 3.71. The summed E-state index contributed by atoms with van der Waals surface area (Å²) in [7, 11) is 1.41. The Hall–Kier alpha value is -4.81. The van der Waals surface area contributed by atoms with Crippen LogP contribution in [0.1, 0.15) is 83.9 Å². The predicted octanol–water partition coefficient (Wildman–Crippen LogP) is 5.38. The lowest BCUT2D eigenvalue weighted by molar-refractivity contribution is -0.154. The Bertz CT molecular complexity index is 1570. The summed E-state index contributed by atoms with van der Waals surface area (Å²) in [4.78, 5) is 60.1. The number of carbonyl (C=O) groups excluding carboxylic acids is 4. The lowest BCUT2D eigenvalue weighted by Crippen LogP contribution is -2.39. The molecule has 0 fully saturated rings. The minimum atomic E-state index is -0.904. The average Bonchev–Trinajstić information content (AvgIpc) is 3.36. The van der Waals surface area contributed by atoms with Gasteiger partial charge in [0.25, 0.3) is 0 Å². The molecular formula is C31H39N5O8. The van der Waals surface area contributed by atoms with E-state index in [1.807, 2.05) is 0 Å². The van der Waals surface area contributed by atoms with E-state index in [0.29, 0.717) is 11.3 Å². The van der Waals surface area contributed by atoms with Crippen molar-refractivity contribution in [2.24, 2.45) is 4.99 Å². The van der Waals surface area contributed by atoms with Crippen molar-refractivity contribution < 1.29 is 38.1 Å². The molecule has 3 rings (SSSR count). The van der Waals surface area contributed by atoms with Gasteiger partial charge in [-0.2, -0.15) is 10.1 Å². The van der Waals surface area contributed by atoms with Gasteiger partial charge in [-0.1, -0.05) is 12.1 Å². The summed E-state index contributed by atoms with van der Waals surface area (Å²) in [5, 5.41) is 4.15. The zero-order valence-corrected chi connectivity index (χ0v) is 26.8. The first-order valence-corrected chi connectivity index (χ1v) is 13.9. The summed E-state index contributed by atoms with van der Waals surface area (Å²) in [5.74, 6) is -1.06. The lowest BCUT2D eigenvalue weighted by Gasteiger charge is -2.26. The van der Waals surface area contributed by atoms with Crippen LogP contribution in [0.4, 0.5) is 9.59 Å². The molecule has 0 aliphatic carbocycles. The molecule has 44 heavy (non-hydrogen) atoms. The number of ether oxygens (including phenoxy) is 4. The van der Waals surface area contributed by atoms with E-state index in [9.17, 15) is 19.2 Å². The fourth-order valence-electron chi connectivity index (χ4n) is 3.71. The Morgan fingerprint density at radius 3 is 1.93 bits per heavy atom. The normalized spacial score (nSPS) is 12.5. The van der Waals surface area contributed by atoms with Crippen molar-refractivity contribution in [1.29, 1.82) is 0 Å². The molecule has 236 valence electrons. The number of hydrogen-bond acceptors (Lipinski definition) is 10. The van der Waals surface area contributed by atoms with Crippen LogP contribution in [0.2, 0.25) is 0 Å². The van der Waals surface area contributed by atoms with Crippen LogP contribution in [0.15, 0.2) is 47.7 Å². The first-order valence-electron chi connectivity index (χ1n) is 13.9. The molecule has 0 saturated heterocycles. The second-order valence-corrected chi connectivity index (χ2v) is 12.9. The Balaban J connectivity index is 1.85. The molecule has 3 aromatic rings. The quantitative estimate of drug-likeness (QED) is 0.160. The van der Waals surface area contributed by atoms with Gasteiger partial charge >= 0.3 is 24.1 Å². The van der Waals surface area contributed by atoms with Crippen molar-refractivity contribution in [2.45, 2.75) is 85.5 Å². The van der Waals surface area contributed by atoms with E-state index in [-0.39, 0.29) is 29.2 Å². The van der Waals surface area contributed by atoms with Gasteiger partial charge in [0.2, 0.25) is 0 Å². The molecule has 0 aliphatic rings. The van der Waals surface area contributed by atoms with Crippen molar-refractivity contribution in [3.05, 3.63) is 59.5 Å². The summed E-state index contributed by atoms with van der Waals surface area (Å²) in [6.07, 6.45) is -0.417. The van der Waals surface area contributed by atoms with Gasteiger partial charge in [0.15, 0.2) is 17.2 Å². The van der Waals surface area contributed by atoms with Crippen LogP contribution in [0.5, 0.6) is 5.75 Å².